The molecular formula is C24H31ClN2O2. The lowest BCUT2D eigenvalue weighted by Crippen LogP contribution is -2.51. The van der Waals surface area contributed by atoms with E-state index in [-0.39, 0.29) is 24.3 Å². The van der Waals surface area contributed by atoms with Crippen molar-refractivity contribution in [3.8, 4) is 0 Å². The second-order valence-corrected chi connectivity index (χ2v) is 7.92. The zero-order chi connectivity index (χ0) is 21.4. The molecule has 0 aliphatic rings. The van der Waals surface area contributed by atoms with E-state index in [4.69, 9.17) is 11.6 Å². The molecule has 1 N–H and O–H groups in total. The van der Waals surface area contributed by atoms with Gasteiger partial charge in [-0.2, -0.15) is 0 Å². The highest BCUT2D eigenvalue weighted by atomic mass is 35.5. The lowest BCUT2D eigenvalue weighted by atomic mass is 10.1. The topological polar surface area (TPSA) is 49.4 Å². The van der Waals surface area contributed by atoms with E-state index in [9.17, 15) is 9.59 Å². The van der Waals surface area contributed by atoms with Crippen molar-refractivity contribution in [2.45, 2.75) is 65.6 Å². The number of rotatable bonds is 9. The van der Waals surface area contributed by atoms with Gasteiger partial charge in [-0.25, -0.2) is 0 Å². The second kappa shape index (κ2) is 11.0. The molecule has 2 aromatic rings. The summed E-state index contributed by atoms with van der Waals surface area (Å²) in [4.78, 5) is 27.9. The summed E-state index contributed by atoms with van der Waals surface area (Å²) in [6.45, 7) is 8.24. The predicted molar refractivity (Wildman–Crippen MR) is 119 cm³/mol. The first-order valence-corrected chi connectivity index (χ1v) is 10.6. The SMILES string of the molecule is CCC(C)NC(=O)C(CC)N(Cc1ccccc1Cl)C(=O)Cc1ccc(C)cc1. The van der Waals surface area contributed by atoms with E-state index in [1.165, 1.54) is 0 Å². The fourth-order valence-electron chi connectivity index (χ4n) is 3.15. The fourth-order valence-corrected chi connectivity index (χ4v) is 3.35. The molecule has 2 aromatic carbocycles. The lowest BCUT2D eigenvalue weighted by molar-refractivity contribution is -0.141. The highest BCUT2D eigenvalue weighted by Crippen LogP contribution is 2.21. The average molecular weight is 415 g/mol. The fraction of sp³-hybridized carbons (Fsp3) is 0.417. The Labute approximate surface area is 179 Å². The van der Waals surface area contributed by atoms with Crippen LogP contribution in [0.25, 0.3) is 0 Å². The molecule has 0 aliphatic heterocycles. The molecule has 5 heteroatoms. The largest absolute Gasteiger partial charge is 0.352 e. The molecular weight excluding hydrogens is 384 g/mol. The van der Waals surface area contributed by atoms with E-state index < -0.39 is 6.04 Å². The quantitative estimate of drug-likeness (QED) is 0.633. The molecule has 0 aliphatic carbocycles. The zero-order valence-corrected chi connectivity index (χ0v) is 18.5. The lowest BCUT2D eigenvalue weighted by Gasteiger charge is -2.32. The normalized spacial score (nSPS) is 12.9. The number of aryl methyl sites for hydroxylation is 1. The Bertz CT molecular complexity index is 820. The van der Waals surface area contributed by atoms with Gasteiger partial charge in [-0.1, -0.05) is 73.5 Å². The van der Waals surface area contributed by atoms with Crippen LogP contribution in [0.3, 0.4) is 0 Å². The Morgan fingerprint density at radius 2 is 1.69 bits per heavy atom. The predicted octanol–water partition coefficient (Wildman–Crippen LogP) is 4.91. The maximum atomic E-state index is 13.3. The van der Waals surface area contributed by atoms with Crippen LogP contribution >= 0.6 is 11.6 Å². The third kappa shape index (κ3) is 6.60. The Kier molecular flexibility index (Phi) is 8.71. The molecule has 156 valence electrons. The summed E-state index contributed by atoms with van der Waals surface area (Å²) in [5.74, 6) is -0.203. The number of carbonyl (C=O) groups is 2. The van der Waals surface area contributed by atoms with Gasteiger partial charge in [0.05, 0.1) is 6.42 Å². The van der Waals surface area contributed by atoms with Gasteiger partial charge in [0.15, 0.2) is 0 Å². The van der Waals surface area contributed by atoms with Gasteiger partial charge in [-0.3, -0.25) is 9.59 Å². The van der Waals surface area contributed by atoms with Crippen LogP contribution in [-0.2, 0) is 22.6 Å². The first kappa shape index (κ1) is 23.0. The molecule has 2 amide bonds. The molecule has 0 saturated heterocycles. The Morgan fingerprint density at radius 1 is 1.03 bits per heavy atom. The van der Waals surface area contributed by atoms with Crippen LogP contribution < -0.4 is 5.32 Å². The van der Waals surface area contributed by atoms with Gasteiger partial charge in [0.25, 0.3) is 0 Å². The number of halogens is 1. The number of amides is 2. The standard InChI is InChI=1S/C24H31ClN2O2/c1-5-18(4)26-24(29)22(6-2)27(16-20-9-7-8-10-21(20)25)23(28)15-19-13-11-17(3)12-14-19/h7-14,18,22H,5-6,15-16H2,1-4H3,(H,26,29). The summed E-state index contributed by atoms with van der Waals surface area (Å²) >= 11 is 6.35. The third-order valence-electron chi connectivity index (χ3n) is 5.16. The van der Waals surface area contributed by atoms with Crippen LogP contribution in [0.5, 0.6) is 0 Å². The number of hydrogen-bond donors (Lipinski definition) is 1. The maximum absolute atomic E-state index is 13.3. The molecule has 0 spiro atoms. The Hall–Kier alpha value is -2.33. The van der Waals surface area contributed by atoms with Crippen molar-refractivity contribution in [1.82, 2.24) is 10.2 Å². The number of nitrogens with one attached hydrogen (secondary N) is 1. The summed E-state index contributed by atoms with van der Waals surface area (Å²) in [7, 11) is 0. The summed E-state index contributed by atoms with van der Waals surface area (Å²) in [6, 6.07) is 14.9. The molecule has 29 heavy (non-hydrogen) atoms. The van der Waals surface area contributed by atoms with Crippen molar-refractivity contribution in [1.29, 1.82) is 0 Å². The van der Waals surface area contributed by atoms with Crippen LogP contribution in [0, 0.1) is 6.92 Å². The van der Waals surface area contributed by atoms with E-state index in [0.29, 0.717) is 18.0 Å². The van der Waals surface area contributed by atoms with Gasteiger partial charge in [0.2, 0.25) is 11.8 Å². The van der Waals surface area contributed by atoms with E-state index >= 15 is 0 Å². The molecule has 0 radical (unpaired) electrons. The van der Waals surface area contributed by atoms with Crippen molar-refractivity contribution in [2.24, 2.45) is 0 Å². The van der Waals surface area contributed by atoms with Gasteiger partial charge in [0.1, 0.15) is 6.04 Å². The van der Waals surface area contributed by atoms with Crippen LogP contribution in [0.1, 0.15) is 50.3 Å². The molecule has 0 saturated carbocycles. The van der Waals surface area contributed by atoms with Crippen molar-refractivity contribution in [3.63, 3.8) is 0 Å². The minimum absolute atomic E-state index is 0.0610. The van der Waals surface area contributed by atoms with E-state index in [2.05, 4.69) is 5.32 Å². The van der Waals surface area contributed by atoms with Crippen LogP contribution in [0.15, 0.2) is 48.5 Å². The Morgan fingerprint density at radius 3 is 2.28 bits per heavy atom. The van der Waals surface area contributed by atoms with Crippen LogP contribution in [0.4, 0.5) is 0 Å². The smallest absolute Gasteiger partial charge is 0.243 e. The number of hydrogen-bond acceptors (Lipinski definition) is 2. The molecule has 2 atom stereocenters. The highest BCUT2D eigenvalue weighted by molar-refractivity contribution is 6.31. The Balaban J connectivity index is 2.30. The third-order valence-corrected chi connectivity index (χ3v) is 5.53. The monoisotopic (exact) mass is 414 g/mol. The van der Waals surface area contributed by atoms with Gasteiger partial charge >= 0.3 is 0 Å². The minimum atomic E-state index is -0.543. The van der Waals surface area contributed by atoms with E-state index in [0.717, 1.165) is 23.1 Å². The summed E-state index contributed by atoms with van der Waals surface area (Å²) in [5, 5.41) is 3.62. The van der Waals surface area contributed by atoms with E-state index in [1.54, 1.807) is 11.0 Å². The number of nitrogens with zero attached hydrogens (tertiary/aromatic N) is 1. The highest BCUT2D eigenvalue weighted by Gasteiger charge is 2.29. The average Bonchev–Trinajstić information content (AvgIpc) is 2.70. The molecule has 4 nitrogen and oxygen atoms in total. The number of carbonyl (C=O) groups excluding carboxylic acids is 2. The molecule has 0 heterocycles. The van der Waals surface area contributed by atoms with Crippen molar-refractivity contribution in [2.75, 3.05) is 0 Å². The zero-order valence-electron chi connectivity index (χ0n) is 17.7. The minimum Gasteiger partial charge on any atom is -0.352 e. The van der Waals surface area contributed by atoms with E-state index in [1.807, 2.05) is 70.2 Å². The molecule has 0 bridgehead atoms. The second-order valence-electron chi connectivity index (χ2n) is 7.52. The molecule has 0 fully saturated rings. The number of benzene rings is 2. The first-order chi connectivity index (χ1) is 13.8. The van der Waals surface area contributed by atoms with Crippen LogP contribution in [-0.4, -0.2) is 28.8 Å². The molecule has 2 rings (SSSR count). The van der Waals surface area contributed by atoms with Gasteiger partial charge in [-0.15, -0.1) is 0 Å². The van der Waals surface area contributed by atoms with Crippen molar-refractivity contribution >= 4 is 23.4 Å². The van der Waals surface area contributed by atoms with Crippen molar-refractivity contribution in [3.05, 3.63) is 70.2 Å². The van der Waals surface area contributed by atoms with Gasteiger partial charge in [0, 0.05) is 17.6 Å². The van der Waals surface area contributed by atoms with Crippen LogP contribution in [0.2, 0.25) is 5.02 Å². The first-order valence-electron chi connectivity index (χ1n) is 10.2. The summed E-state index contributed by atoms with van der Waals surface area (Å²) in [5.41, 5.74) is 2.91. The van der Waals surface area contributed by atoms with Gasteiger partial charge in [-0.05, 0) is 43.9 Å². The summed E-state index contributed by atoms with van der Waals surface area (Å²) in [6.07, 6.45) is 1.62. The van der Waals surface area contributed by atoms with Gasteiger partial charge < -0.3 is 10.2 Å². The molecule has 0 aromatic heterocycles. The summed E-state index contributed by atoms with van der Waals surface area (Å²) < 4.78 is 0. The molecule has 2 unspecified atom stereocenters. The maximum Gasteiger partial charge on any atom is 0.243 e. The van der Waals surface area contributed by atoms with Crippen molar-refractivity contribution < 1.29 is 9.59 Å².